The smallest absolute Gasteiger partial charge is 0.0636 e. The lowest BCUT2D eigenvalue weighted by molar-refractivity contribution is 0.583. The largest absolute Gasteiger partial charge is 0.269 e. The predicted molar refractivity (Wildman–Crippen MR) is 54.7 cm³/mol. The summed E-state index contributed by atoms with van der Waals surface area (Å²) in [7, 11) is 0. The van der Waals surface area contributed by atoms with Gasteiger partial charge in [-0.15, -0.1) is 0 Å². The molecule has 1 aromatic rings. The zero-order valence-electron chi connectivity index (χ0n) is 7.96. The van der Waals surface area contributed by atoms with Crippen LogP contribution in [0.3, 0.4) is 0 Å². The van der Waals surface area contributed by atoms with Gasteiger partial charge in [-0.1, -0.05) is 6.92 Å². The van der Waals surface area contributed by atoms with Gasteiger partial charge in [-0.3, -0.25) is 4.68 Å². The first kappa shape index (κ1) is 9.65. The van der Waals surface area contributed by atoms with Gasteiger partial charge < -0.3 is 0 Å². The number of aromatic nitrogens is 2. The van der Waals surface area contributed by atoms with E-state index in [0.29, 0.717) is 0 Å². The molecule has 0 aromatic carbocycles. The van der Waals surface area contributed by atoms with Crippen molar-refractivity contribution in [1.82, 2.24) is 9.78 Å². The van der Waals surface area contributed by atoms with Crippen LogP contribution in [0.15, 0.2) is 0 Å². The highest BCUT2D eigenvalue weighted by Gasteiger charge is 2.08. The molecule has 0 spiro atoms. The molecular formula is C9H16N2S. The molecule has 12 heavy (non-hydrogen) atoms. The predicted octanol–water partition coefficient (Wildman–Crippen LogP) is 2.34. The normalized spacial score (nSPS) is 10.7. The van der Waals surface area contributed by atoms with E-state index < -0.39 is 0 Å². The molecule has 2 nitrogen and oxygen atoms in total. The highest BCUT2D eigenvalue weighted by molar-refractivity contribution is 7.79. The van der Waals surface area contributed by atoms with Crippen LogP contribution < -0.4 is 0 Å². The van der Waals surface area contributed by atoms with Crippen molar-refractivity contribution in [3.05, 3.63) is 17.0 Å². The highest BCUT2D eigenvalue weighted by atomic mass is 32.1. The summed E-state index contributed by atoms with van der Waals surface area (Å²) in [5.41, 5.74) is 3.67. The second-order valence-electron chi connectivity index (χ2n) is 3.03. The molecule has 3 heteroatoms. The van der Waals surface area contributed by atoms with E-state index in [9.17, 15) is 0 Å². The van der Waals surface area contributed by atoms with Gasteiger partial charge in [0.05, 0.1) is 5.69 Å². The molecule has 0 unspecified atom stereocenters. The molecule has 0 aliphatic heterocycles. The summed E-state index contributed by atoms with van der Waals surface area (Å²) in [6.07, 6.45) is 1.13. The van der Waals surface area contributed by atoms with Gasteiger partial charge in [0.15, 0.2) is 0 Å². The molecule has 0 amide bonds. The fraction of sp³-hybridized carbons (Fsp3) is 0.667. The van der Waals surface area contributed by atoms with Gasteiger partial charge in [0.2, 0.25) is 0 Å². The molecule has 0 saturated heterocycles. The third kappa shape index (κ3) is 1.66. The van der Waals surface area contributed by atoms with E-state index in [2.05, 4.69) is 36.3 Å². The van der Waals surface area contributed by atoms with Crippen molar-refractivity contribution in [2.45, 2.75) is 39.5 Å². The van der Waals surface area contributed by atoms with E-state index in [1.165, 1.54) is 11.3 Å². The average Bonchev–Trinajstić information content (AvgIpc) is 2.29. The lowest BCUT2D eigenvalue weighted by atomic mass is 10.2. The van der Waals surface area contributed by atoms with Crippen molar-refractivity contribution in [3.8, 4) is 0 Å². The third-order valence-corrected chi connectivity index (χ3v) is 2.44. The van der Waals surface area contributed by atoms with E-state index in [1.54, 1.807) is 0 Å². The van der Waals surface area contributed by atoms with Crippen LogP contribution in [-0.2, 0) is 12.3 Å². The first-order chi connectivity index (χ1) is 5.70. The number of thiol groups is 1. The Morgan fingerprint density at radius 2 is 2.08 bits per heavy atom. The van der Waals surface area contributed by atoms with Crippen molar-refractivity contribution in [3.63, 3.8) is 0 Å². The fourth-order valence-electron chi connectivity index (χ4n) is 1.39. The van der Waals surface area contributed by atoms with Crippen LogP contribution in [0.1, 0.15) is 30.3 Å². The lowest BCUT2D eigenvalue weighted by Gasteiger charge is -2.01. The Morgan fingerprint density at radius 1 is 1.42 bits per heavy atom. The molecule has 1 aromatic heterocycles. The first-order valence-electron chi connectivity index (χ1n) is 4.34. The second-order valence-corrected chi connectivity index (χ2v) is 3.35. The summed E-state index contributed by atoms with van der Waals surface area (Å²) in [4.78, 5) is 0. The molecule has 0 aliphatic rings. The van der Waals surface area contributed by atoms with Crippen LogP contribution in [0.25, 0.3) is 0 Å². The van der Waals surface area contributed by atoms with E-state index >= 15 is 0 Å². The highest BCUT2D eigenvalue weighted by Crippen LogP contribution is 2.14. The van der Waals surface area contributed by atoms with Crippen molar-refractivity contribution >= 4 is 12.6 Å². The Balaban J connectivity index is 3.00. The Kier molecular flexibility index (Phi) is 3.20. The molecule has 0 atom stereocenters. The molecule has 0 saturated carbocycles. The first-order valence-corrected chi connectivity index (χ1v) is 4.97. The Labute approximate surface area is 79.4 Å². The van der Waals surface area contributed by atoms with Gasteiger partial charge in [0, 0.05) is 23.6 Å². The number of aryl methyl sites for hydroxylation is 2. The molecule has 0 bridgehead atoms. The zero-order chi connectivity index (χ0) is 9.14. The minimum Gasteiger partial charge on any atom is -0.269 e. The molecule has 0 N–H and O–H groups in total. The maximum absolute atomic E-state index is 4.44. The van der Waals surface area contributed by atoms with Gasteiger partial charge in [0.1, 0.15) is 0 Å². The van der Waals surface area contributed by atoms with Crippen molar-refractivity contribution in [1.29, 1.82) is 0 Å². The quantitative estimate of drug-likeness (QED) is 0.714. The van der Waals surface area contributed by atoms with Crippen LogP contribution in [0, 0.1) is 13.8 Å². The summed E-state index contributed by atoms with van der Waals surface area (Å²) in [5.74, 6) is 0.793. The van der Waals surface area contributed by atoms with E-state index in [0.717, 1.165) is 24.4 Å². The summed E-state index contributed by atoms with van der Waals surface area (Å²) in [5, 5.41) is 4.44. The maximum Gasteiger partial charge on any atom is 0.0636 e. The van der Waals surface area contributed by atoms with Gasteiger partial charge in [-0.25, -0.2) is 0 Å². The van der Waals surface area contributed by atoms with Gasteiger partial charge in [-0.05, 0) is 20.3 Å². The minimum atomic E-state index is 0.793. The van der Waals surface area contributed by atoms with Crippen LogP contribution in [0.2, 0.25) is 0 Å². The molecule has 1 heterocycles. The van der Waals surface area contributed by atoms with Crippen molar-refractivity contribution in [2.75, 3.05) is 0 Å². The van der Waals surface area contributed by atoms with Gasteiger partial charge in [0.25, 0.3) is 0 Å². The van der Waals surface area contributed by atoms with Crippen LogP contribution in [0.5, 0.6) is 0 Å². The van der Waals surface area contributed by atoms with Crippen molar-refractivity contribution < 1.29 is 0 Å². The van der Waals surface area contributed by atoms with Gasteiger partial charge in [-0.2, -0.15) is 17.7 Å². The summed E-state index contributed by atoms with van der Waals surface area (Å²) >= 11 is 4.28. The topological polar surface area (TPSA) is 17.8 Å². The molecular weight excluding hydrogens is 168 g/mol. The number of nitrogens with zero attached hydrogens (tertiary/aromatic N) is 2. The Morgan fingerprint density at radius 3 is 2.50 bits per heavy atom. The zero-order valence-corrected chi connectivity index (χ0v) is 8.86. The second kappa shape index (κ2) is 3.99. The molecule has 0 radical (unpaired) electrons. The standard InChI is InChI=1S/C9H16N2S/c1-4-5-11-8(3)9(6-12)7(2)10-11/h12H,4-6H2,1-3H3. The molecule has 1 rings (SSSR count). The summed E-state index contributed by atoms with van der Waals surface area (Å²) in [6.45, 7) is 7.34. The number of hydrogen-bond acceptors (Lipinski definition) is 2. The molecule has 0 aliphatic carbocycles. The lowest BCUT2D eigenvalue weighted by Crippen LogP contribution is -2.01. The van der Waals surface area contributed by atoms with Gasteiger partial charge >= 0.3 is 0 Å². The average molecular weight is 184 g/mol. The van der Waals surface area contributed by atoms with Crippen molar-refractivity contribution in [2.24, 2.45) is 0 Å². The number of rotatable bonds is 3. The van der Waals surface area contributed by atoms with Crippen LogP contribution in [-0.4, -0.2) is 9.78 Å². The monoisotopic (exact) mass is 184 g/mol. The van der Waals surface area contributed by atoms with E-state index in [1.807, 2.05) is 6.92 Å². The number of hydrogen-bond donors (Lipinski definition) is 1. The minimum absolute atomic E-state index is 0.793. The van der Waals surface area contributed by atoms with Crippen LogP contribution in [0.4, 0.5) is 0 Å². The molecule has 68 valence electrons. The van der Waals surface area contributed by atoms with E-state index in [4.69, 9.17) is 0 Å². The third-order valence-electron chi connectivity index (χ3n) is 2.12. The van der Waals surface area contributed by atoms with E-state index in [-0.39, 0.29) is 0 Å². The Bertz CT molecular complexity index is 266. The summed E-state index contributed by atoms with van der Waals surface area (Å²) in [6, 6.07) is 0. The summed E-state index contributed by atoms with van der Waals surface area (Å²) < 4.78 is 2.07. The maximum atomic E-state index is 4.44. The van der Waals surface area contributed by atoms with Crippen LogP contribution >= 0.6 is 12.6 Å². The fourth-order valence-corrected chi connectivity index (χ4v) is 1.85. The SMILES string of the molecule is CCCn1nc(C)c(CS)c1C. The Hall–Kier alpha value is -0.440. The molecule has 0 fully saturated rings.